The second-order valence-electron chi connectivity index (χ2n) is 7.37. The third kappa shape index (κ3) is 5.22. The molecule has 0 aliphatic carbocycles. The summed E-state index contributed by atoms with van der Waals surface area (Å²) < 4.78 is 7.00. The predicted molar refractivity (Wildman–Crippen MR) is 127 cm³/mol. The summed E-state index contributed by atoms with van der Waals surface area (Å²) in [5, 5.41) is 4.43. The zero-order valence-corrected chi connectivity index (χ0v) is 19.6. The maximum absolute atomic E-state index is 13.4. The lowest BCUT2D eigenvalue weighted by Crippen LogP contribution is -2.34. The summed E-state index contributed by atoms with van der Waals surface area (Å²) in [6, 6.07) is 10.7. The number of halogens is 1. The molecule has 0 aliphatic rings. The molecule has 164 valence electrons. The Bertz CT molecular complexity index is 1160. The molecule has 6 nitrogen and oxygen atoms in total. The van der Waals surface area contributed by atoms with Gasteiger partial charge < -0.3 is 10.1 Å². The van der Waals surface area contributed by atoms with E-state index in [0.29, 0.717) is 32.5 Å². The fourth-order valence-electron chi connectivity index (χ4n) is 3.36. The van der Waals surface area contributed by atoms with Crippen LogP contribution in [-0.4, -0.2) is 34.4 Å². The van der Waals surface area contributed by atoms with Crippen LogP contribution in [0.2, 0.25) is 5.02 Å². The van der Waals surface area contributed by atoms with Gasteiger partial charge in [-0.3, -0.25) is 14.2 Å². The van der Waals surface area contributed by atoms with Crippen molar-refractivity contribution in [3.63, 3.8) is 0 Å². The van der Waals surface area contributed by atoms with E-state index >= 15 is 0 Å². The smallest absolute Gasteiger partial charge is 0.266 e. The summed E-state index contributed by atoms with van der Waals surface area (Å²) in [6.07, 6.45) is 1.91. The number of hydrogen-bond acceptors (Lipinski definition) is 5. The summed E-state index contributed by atoms with van der Waals surface area (Å²) in [7, 11) is 1.53. The number of carbonyl (C=O) groups excluding carboxylic acids is 1. The molecule has 0 saturated heterocycles. The summed E-state index contributed by atoms with van der Waals surface area (Å²) >= 11 is 7.48. The van der Waals surface area contributed by atoms with Crippen LogP contribution in [0.1, 0.15) is 32.3 Å². The first-order chi connectivity index (χ1) is 14.8. The molecule has 0 fully saturated rings. The summed E-state index contributed by atoms with van der Waals surface area (Å²) in [5.74, 6) is 0.505. The number of aromatic nitrogens is 2. The number of fused-ring (bicyclic) bond motifs is 1. The van der Waals surface area contributed by atoms with E-state index in [0.717, 1.165) is 18.4 Å². The van der Waals surface area contributed by atoms with Crippen LogP contribution >= 0.6 is 23.4 Å². The molecular formula is C23H26ClN3O3S. The van der Waals surface area contributed by atoms with Crippen molar-refractivity contribution in [1.82, 2.24) is 14.9 Å². The monoisotopic (exact) mass is 459 g/mol. The van der Waals surface area contributed by atoms with Gasteiger partial charge in [-0.25, -0.2) is 4.98 Å². The highest BCUT2D eigenvalue weighted by Crippen LogP contribution is 2.32. The number of ether oxygens (including phenoxy) is 1. The number of hydrogen-bond donors (Lipinski definition) is 1. The molecular weight excluding hydrogens is 434 g/mol. The molecule has 0 bridgehead atoms. The average molecular weight is 460 g/mol. The van der Waals surface area contributed by atoms with E-state index in [4.69, 9.17) is 16.3 Å². The molecule has 31 heavy (non-hydrogen) atoms. The molecule has 2 aromatic carbocycles. The fraction of sp³-hybridized carbons (Fsp3) is 0.348. The van der Waals surface area contributed by atoms with Crippen LogP contribution in [-0.2, 0) is 4.79 Å². The number of carbonyl (C=O) groups is 1. The highest BCUT2D eigenvalue weighted by molar-refractivity contribution is 7.99. The molecule has 1 heterocycles. The van der Waals surface area contributed by atoms with Gasteiger partial charge in [0, 0.05) is 17.1 Å². The van der Waals surface area contributed by atoms with Crippen molar-refractivity contribution in [2.24, 2.45) is 0 Å². The van der Waals surface area contributed by atoms with Crippen LogP contribution in [0.25, 0.3) is 16.6 Å². The number of amides is 1. The average Bonchev–Trinajstić information content (AvgIpc) is 2.74. The van der Waals surface area contributed by atoms with E-state index in [1.807, 2.05) is 19.9 Å². The van der Waals surface area contributed by atoms with Crippen LogP contribution in [0.15, 0.2) is 46.3 Å². The number of para-hydroxylation sites is 1. The Hall–Kier alpha value is -2.51. The van der Waals surface area contributed by atoms with Crippen molar-refractivity contribution in [3.8, 4) is 11.4 Å². The molecule has 8 heteroatoms. The number of methoxy groups -OCH3 is 1. The Morgan fingerprint density at radius 3 is 2.77 bits per heavy atom. The molecule has 1 aromatic heterocycles. The molecule has 0 spiro atoms. The molecule has 0 unspecified atom stereocenters. The first-order valence-corrected chi connectivity index (χ1v) is 11.5. The maximum Gasteiger partial charge on any atom is 0.266 e. The van der Waals surface area contributed by atoms with Crippen LogP contribution in [0.5, 0.6) is 5.75 Å². The molecule has 3 aromatic rings. The molecule has 1 N–H and O–H groups in total. The van der Waals surface area contributed by atoms with Crippen LogP contribution < -0.4 is 15.6 Å². The zero-order chi connectivity index (χ0) is 22.5. The van der Waals surface area contributed by atoms with Gasteiger partial charge in [0.2, 0.25) is 5.91 Å². The third-order valence-corrected chi connectivity index (χ3v) is 6.25. The Morgan fingerprint density at radius 1 is 1.32 bits per heavy atom. The van der Waals surface area contributed by atoms with Gasteiger partial charge in [-0.15, -0.1) is 0 Å². The second kappa shape index (κ2) is 10.2. The summed E-state index contributed by atoms with van der Waals surface area (Å²) in [5.41, 5.74) is 1.69. The lowest BCUT2D eigenvalue weighted by Gasteiger charge is -2.17. The number of aryl methyl sites for hydroxylation is 1. The van der Waals surface area contributed by atoms with Gasteiger partial charge in [-0.05, 0) is 44.0 Å². The van der Waals surface area contributed by atoms with Gasteiger partial charge in [0.05, 0.1) is 29.5 Å². The highest BCUT2D eigenvalue weighted by atomic mass is 35.5. The first-order valence-electron chi connectivity index (χ1n) is 10.1. The van der Waals surface area contributed by atoms with E-state index in [1.54, 1.807) is 30.3 Å². The predicted octanol–water partition coefficient (Wildman–Crippen LogP) is 4.75. The number of rotatable bonds is 8. The van der Waals surface area contributed by atoms with Crippen molar-refractivity contribution in [2.45, 2.75) is 44.8 Å². The van der Waals surface area contributed by atoms with E-state index < -0.39 is 0 Å². The molecule has 0 radical (unpaired) electrons. The number of nitrogens with zero attached hydrogens (tertiary/aromatic N) is 2. The molecule has 1 amide bonds. The zero-order valence-electron chi connectivity index (χ0n) is 18.1. The van der Waals surface area contributed by atoms with E-state index in [-0.39, 0.29) is 23.3 Å². The SMILES string of the molecule is CCC[C@H](C)NC(=O)CSc1nc2ccccc2c(=O)n1-c1cc(C)c(Cl)cc1OC. The van der Waals surface area contributed by atoms with Gasteiger partial charge in [0.25, 0.3) is 5.56 Å². The topological polar surface area (TPSA) is 73.2 Å². The van der Waals surface area contributed by atoms with Crippen LogP contribution in [0, 0.1) is 6.92 Å². The largest absolute Gasteiger partial charge is 0.495 e. The Balaban J connectivity index is 2.08. The number of nitrogens with one attached hydrogen (secondary N) is 1. The third-order valence-electron chi connectivity index (χ3n) is 4.91. The van der Waals surface area contributed by atoms with Crippen LogP contribution in [0.4, 0.5) is 0 Å². The Morgan fingerprint density at radius 2 is 2.06 bits per heavy atom. The second-order valence-corrected chi connectivity index (χ2v) is 8.72. The van der Waals surface area contributed by atoms with Gasteiger partial charge >= 0.3 is 0 Å². The molecule has 3 rings (SSSR count). The van der Waals surface area contributed by atoms with Crippen molar-refractivity contribution < 1.29 is 9.53 Å². The minimum atomic E-state index is -0.229. The van der Waals surface area contributed by atoms with Gasteiger partial charge in [-0.1, -0.05) is 48.8 Å². The van der Waals surface area contributed by atoms with Gasteiger partial charge in [0.15, 0.2) is 5.16 Å². The van der Waals surface area contributed by atoms with E-state index in [1.165, 1.54) is 23.4 Å². The molecule has 0 saturated carbocycles. The van der Waals surface area contributed by atoms with E-state index in [2.05, 4.69) is 17.2 Å². The van der Waals surface area contributed by atoms with Crippen molar-refractivity contribution >= 4 is 40.2 Å². The summed E-state index contributed by atoms with van der Waals surface area (Å²) in [6.45, 7) is 5.92. The fourth-order valence-corrected chi connectivity index (χ4v) is 4.33. The van der Waals surface area contributed by atoms with Crippen molar-refractivity contribution in [1.29, 1.82) is 0 Å². The standard InChI is InChI=1S/C23H26ClN3O3S/c1-5-8-15(3)25-21(28)13-31-23-26-18-10-7-6-9-16(18)22(29)27(23)19-11-14(2)17(24)12-20(19)30-4/h6-7,9-12,15H,5,8,13H2,1-4H3,(H,25,28)/t15-/m0/s1. The van der Waals surface area contributed by atoms with Crippen molar-refractivity contribution in [2.75, 3.05) is 12.9 Å². The van der Waals surface area contributed by atoms with Crippen molar-refractivity contribution in [3.05, 3.63) is 57.3 Å². The quantitative estimate of drug-likeness (QED) is 0.388. The van der Waals surface area contributed by atoms with Gasteiger partial charge in [0.1, 0.15) is 5.75 Å². The normalized spacial score (nSPS) is 12.0. The minimum absolute atomic E-state index is 0.0980. The lowest BCUT2D eigenvalue weighted by molar-refractivity contribution is -0.119. The lowest BCUT2D eigenvalue weighted by atomic mass is 10.2. The van der Waals surface area contributed by atoms with E-state index in [9.17, 15) is 9.59 Å². The highest BCUT2D eigenvalue weighted by Gasteiger charge is 2.19. The first kappa shape index (κ1) is 23.2. The summed E-state index contributed by atoms with van der Waals surface area (Å²) in [4.78, 5) is 30.6. The van der Waals surface area contributed by atoms with Gasteiger partial charge in [-0.2, -0.15) is 0 Å². The maximum atomic E-state index is 13.4. The molecule has 0 aliphatic heterocycles. The molecule has 1 atom stereocenters. The number of thioether (sulfide) groups is 1. The van der Waals surface area contributed by atoms with Crippen LogP contribution in [0.3, 0.4) is 0 Å². The Kier molecular flexibility index (Phi) is 7.62. The Labute approximate surface area is 191 Å². The minimum Gasteiger partial charge on any atom is -0.495 e. The number of benzene rings is 2.